The van der Waals surface area contributed by atoms with E-state index in [4.69, 9.17) is 0 Å². The van der Waals surface area contributed by atoms with Crippen LogP contribution in [-0.2, 0) is 19.3 Å². The number of hydrogen-bond acceptors (Lipinski definition) is 5. The smallest absolute Gasteiger partial charge is 0.356 e. The lowest BCUT2D eigenvalue weighted by Gasteiger charge is -2.05. The minimum absolute atomic E-state index is 0.151. The summed E-state index contributed by atoms with van der Waals surface area (Å²) in [6.45, 7) is 1.06. The van der Waals surface area contributed by atoms with Crippen LogP contribution in [-0.4, -0.2) is 20.0 Å². The van der Waals surface area contributed by atoms with Crippen molar-refractivity contribution in [3.05, 3.63) is 58.9 Å². The first kappa shape index (κ1) is 15.5. The molecule has 0 fully saturated rings. The van der Waals surface area contributed by atoms with Gasteiger partial charge in [0.15, 0.2) is 0 Å². The topological polar surface area (TPSA) is 55.6 Å². The number of halogens is 3. The van der Waals surface area contributed by atoms with E-state index in [-0.39, 0.29) is 5.13 Å². The second kappa shape index (κ2) is 6.37. The molecule has 2 heterocycles. The molecule has 0 aliphatic heterocycles. The predicted molar refractivity (Wildman–Crippen MR) is 80.0 cm³/mol. The van der Waals surface area contributed by atoms with Gasteiger partial charge < -0.3 is 5.32 Å². The van der Waals surface area contributed by atoms with Crippen LogP contribution in [0, 0.1) is 0 Å². The van der Waals surface area contributed by atoms with Gasteiger partial charge in [0.1, 0.15) is 0 Å². The molecule has 0 radical (unpaired) electrons. The third-order valence-electron chi connectivity index (χ3n) is 3.04. The van der Waals surface area contributed by atoms with E-state index >= 15 is 0 Å². The SMILES string of the molecule is FC(F)(F)c1nnc(NCc2ccc(Cn3cccn3)cc2)s1. The highest BCUT2D eigenvalue weighted by atomic mass is 32.1. The normalized spacial score (nSPS) is 11.6. The second-order valence-corrected chi connectivity index (χ2v) is 5.76. The maximum atomic E-state index is 12.4. The van der Waals surface area contributed by atoms with Crippen molar-refractivity contribution in [3.8, 4) is 0 Å². The van der Waals surface area contributed by atoms with Crippen molar-refractivity contribution in [1.82, 2.24) is 20.0 Å². The lowest BCUT2D eigenvalue weighted by molar-refractivity contribution is -0.138. The van der Waals surface area contributed by atoms with Gasteiger partial charge in [-0.25, -0.2) is 0 Å². The maximum absolute atomic E-state index is 12.4. The van der Waals surface area contributed by atoms with Crippen LogP contribution in [0.3, 0.4) is 0 Å². The standard InChI is InChI=1S/C14H12F3N5S/c15-14(16,17)12-20-21-13(23-12)18-8-10-2-4-11(5-3-10)9-22-7-1-6-19-22/h1-7H,8-9H2,(H,18,21). The Kier molecular flexibility index (Phi) is 4.28. The number of aromatic nitrogens is 4. The molecule has 0 saturated heterocycles. The van der Waals surface area contributed by atoms with Gasteiger partial charge >= 0.3 is 6.18 Å². The Labute approximate surface area is 133 Å². The molecule has 0 unspecified atom stereocenters. The van der Waals surface area contributed by atoms with Crippen molar-refractivity contribution in [2.45, 2.75) is 19.3 Å². The van der Waals surface area contributed by atoms with Crippen LogP contribution in [0.1, 0.15) is 16.1 Å². The molecular weight excluding hydrogens is 327 g/mol. The molecule has 0 aliphatic carbocycles. The minimum atomic E-state index is -4.45. The first-order valence-electron chi connectivity index (χ1n) is 6.70. The molecule has 0 aliphatic rings. The van der Waals surface area contributed by atoms with Crippen molar-refractivity contribution in [1.29, 1.82) is 0 Å². The van der Waals surface area contributed by atoms with Crippen molar-refractivity contribution < 1.29 is 13.2 Å². The Hall–Kier alpha value is -2.42. The van der Waals surface area contributed by atoms with E-state index in [0.717, 1.165) is 11.1 Å². The van der Waals surface area contributed by atoms with Crippen LogP contribution < -0.4 is 5.32 Å². The predicted octanol–water partition coefficient (Wildman–Crippen LogP) is 3.41. The quantitative estimate of drug-likeness (QED) is 0.774. The summed E-state index contributed by atoms with van der Waals surface area (Å²) >= 11 is 0.495. The Morgan fingerprint density at radius 2 is 1.83 bits per heavy atom. The van der Waals surface area contributed by atoms with Gasteiger partial charge in [0, 0.05) is 18.9 Å². The Morgan fingerprint density at radius 1 is 1.09 bits per heavy atom. The molecule has 23 heavy (non-hydrogen) atoms. The zero-order valence-electron chi connectivity index (χ0n) is 11.8. The van der Waals surface area contributed by atoms with Gasteiger partial charge in [-0.05, 0) is 17.2 Å². The van der Waals surface area contributed by atoms with Crippen molar-refractivity contribution in [2.24, 2.45) is 0 Å². The van der Waals surface area contributed by atoms with Crippen LogP contribution in [0.2, 0.25) is 0 Å². The van der Waals surface area contributed by atoms with Gasteiger partial charge in [-0.1, -0.05) is 35.6 Å². The van der Waals surface area contributed by atoms with Crippen LogP contribution >= 0.6 is 11.3 Å². The summed E-state index contributed by atoms with van der Waals surface area (Å²) in [5.74, 6) is 0. The molecule has 1 aromatic carbocycles. The Bertz CT molecular complexity index is 750. The van der Waals surface area contributed by atoms with Crippen molar-refractivity contribution >= 4 is 16.5 Å². The number of rotatable bonds is 5. The molecule has 3 aromatic rings. The average Bonchev–Trinajstić information content (AvgIpc) is 3.17. The molecule has 2 aromatic heterocycles. The van der Waals surface area contributed by atoms with Gasteiger partial charge in [0.05, 0.1) is 6.54 Å². The summed E-state index contributed by atoms with van der Waals surface area (Å²) in [5.41, 5.74) is 2.03. The van der Waals surface area contributed by atoms with Crippen LogP contribution in [0.25, 0.3) is 0 Å². The van der Waals surface area contributed by atoms with E-state index in [9.17, 15) is 13.2 Å². The number of alkyl halides is 3. The Morgan fingerprint density at radius 3 is 2.43 bits per heavy atom. The van der Waals surface area contributed by atoms with E-state index in [0.29, 0.717) is 24.4 Å². The van der Waals surface area contributed by atoms with E-state index in [2.05, 4.69) is 20.6 Å². The highest BCUT2D eigenvalue weighted by molar-refractivity contribution is 7.15. The minimum Gasteiger partial charge on any atom is -0.356 e. The fourth-order valence-corrected chi connectivity index (χ4v) is 2.54. The van der Waals surface area contributed by atoms with Gasteiger partial charge in [0.25, 0.3) is 0 Å². The third kappa shape index (κ3) is 4.07. The second-order valence-electron chi connectivity index (χ2n) is 4.78. The van der Waals surface area contributed by atoms with Crippen LogP contribution in [0.4, 0.5) is 18.3 Å². The number of nitrogens with zero attached hydrogens (tertiary/aromatic N) is 4. The number of nitrogens with one attached hydrogen (secondary N) is 1. The lowest BCUT2D eigenvalue weighted by Crippen LogP contribution is -2.03. The molecule has 9 heteroatoms. The van der Waals surface area contributed by atoms with Gasteiger partial charge in [-0.3, -0.25) is 4.68 Å². The summed E-state index contributed by atoms with van der Waals surface area (Å²) in [5, 5.41) is 12.8. The first-order chi connectivity index (χ1) is 11.0. The van der Waals surface area contributed by atoms with Crippen LogP contribution in [0.15, 0.2) is 42.7 Å². The molecule has 0 spiro atoms. The summed E-state index contributed by atoms with van der Waals surface area (Å²) in [6, 6.07) is 9.60. The fraction of sp³-hybridized carbons (Fsp3) is 0.214. The molecule has 120 valence electrons. The zero-order chi connectivity index (χ0) is 16.3. The van der Waals surface area contributed by atoms with Crippen molar-refractivity contribution in [3.63, 3.8) is 0 Å². The molecule has 0 saturated carbocycles. The van der Waals surface area contributed by atoms with Gasteiger partial charge in [0.2, 0.25) is 10.1 Å². The van der Waals surface area contributed by atoms with Gasteiger partial charge in [-0.2, -0.15) is 18.3 Å². The summed E-state index contributed by atoms with van der Waals surface area (Å²) in [4.78, 5) is 0. The summed E-state index contributed by atoms with van der Waals surface area (Å²) in [7, 11) is 0. The lowest BCUT2D eigenvalue weighted by atomic mass is 10.1. The molecular formula is C14H12F3N5S. The monoisotopic (exact) mass is 339 g/mol. The molecule has 3 rings (SSSR count). The van der Waals surface area contributed by atoms with Crippen LogP contribution in [0.5, 0.6) is 0 Å². The average molecular weight is 339 g/mol. The number of anilines is 1. The molecule has 5 nitrogen and oxygen atoms in total. The molecule has 1 N–H and O–H groups in total. The maximum Gasteiger partial charge on any atom is 0.445 e. The Balaban J connectivity index is 1.57. The summed E-state index contributed by atoms with van der Waals surface area (Å²) in [6.07, 6.45) is -0.857. The van der Waals surface area contributed by atoms with E-state index in [1.807, 2.05) is 41.2 Å². The fourth-order valence-electron chi connectivity index (χ4n) is 1.93. The van der Waals surface area contributed by atoms with E-state index in [1.54, 1.807) is 6.20 Å². The van der Waals surface area contributed by atoms with Gasteiger partial charge in [-0.15, -0.1) is 10.2 Å². The molecule has 0 atom stereocenters. The van der Waals surface area contributed by atoms with Crippen molar-refractivity contribution in [2.75, 3.05) is 5.32 Å². The third-order valence-corrected chi connectivity index (χ3v) is 3.96. The molecule has 0 amide bonds. The highest BCUT2D eigenvalue weighted by Crippen LogP contribution is 2.33. The summed E-state index contributed by atoms with van der Waals surface area (Å²) < 4.78 is 39.1. The number of benzene rings is 1. The first-order valence-corrected chi connectivity index (χ1v) is 7.52. The largest absolute Gasteiger partial charge is 0.445 e. The zero-order valence-corrected chi connectivity index (χ0v) is 12.6. The highest BCUT2D eigenvalue weighted by Gasteiger charge is 2.35. The number of hydrogen-bond donors (Lipinski definition) is 1. The van der Waals surface area contributed by atoms with E-state index in [1.165, 1.54) is 0 Å². The van der Waals surface area contributed by atoms with E-state index < -0.39 is 11.2 Å². The molecule has 0 bridgehead atoms.